The quantitative estimate of drug-likeness (QED) is 0.0772. The molecule has 0 bridgehead atoms. The van der Waals surface area contributed by atoms with Crippen LogP contribution < -0.4 is 9.47 Å². The average molecular weight is 714 g/mol. The maximum absolute atomic E-state index is 13.3. The number of aryl methyl sites for hydroxylation is 1. The summed E-state index contributed by atoms with van der Waals surface area (Å²) >= 11 is 3.07. The van der Waals surface area contributed by atoms with Gasteiger partial charge in [-0.1, -0.05) is 50.5 Å². The molecule has 7 nitrogen and oxygen atoms in total. The van der Waals surface area contributed by atoms with Crippen molar-refractivity contribution in [1.29, 1.82) is 0 Å². The molecule has 2 aromatic heterocycles. The van der Waals surface area contributed by atoms with Crippen molar-refractivity contribution in [2.24, 2.45) is 23.7 Å². The first-order valence-electron chi connectivity index (χ1n) is 18.3. The lowest BCUT2D eigenvalue weighted by molar-refractivity contribution is -0.141. The van der Waals surface area contributed by atoms with Crippen LogP contribution in [0.5, 0.6) is 11.5 Å². The summed E-state index contributed by atoms with van der Waals surface area (Å²) in [7, 11) is 0. The Hall–Kier alpha value is -3.69. The van der Waals surface area contributed by atoms with Crippen molar-refractivity contribution in [2.75, 3.05) is 0 Å². The van der Waals surface area contributed by atoms with E-state index in [2.05, 4.69) is 43.3 Å². The Morgan fingerprint density at radius 2 is 1.18 bits per heavy atom. The van der Waals surface area contributed by atoms with E-state index in [0.29, 0.717) is 73.1 Å². The summed E-state index contributed by atoms with van der Waals surface area (Å²) in [5.74, 6) is -0.0270. The molecule has 0 unspecified atom stereocenters. The zero-order valence-corrected chi connectivity index (χ0v) is 31.0. The molecule has 0 spiro atoms. The molecule has 0 N–H and O–H groups in total. The number of Topliss-reactive ketones (excluding diaryl/α,β-unsaturated/α-hetero) is 2. The van der Waals surface area contributed by atoms with Crippen molar-refractivity contribution < 1.29 is 28.7 Å². The molecule has 2 fully saturated rings. The van der Waals surface area contributed by atoms with Crippen LogP contribution in [0, 0.1) is 23.7 Å². The summed E-state index contributed by atoms with van der Waals surface area (Å²) in [6.07, 6.45) is 11.4. The lowest BCUT2D eigenvalue weighted by Gasteiger charge is -2.25. The highest BCUT2D eigenvalue weighted by Gasteiger charge is 2.32. The van der Waals surface area contributed by atoms with E-state index in [1.807, 2.05) is 0 Å². The Bertz CT molecular complexity index is 1740. The molecule has 2 aromatic carbocycles. The second-order valence-corrected chi connectivity index (χ2v) is 16.2. The van der Waals surface area contributed by atoms with Crippen LogP contribution in [0.15, 0.2) is 48.5 Å². The van der Waals surface area contributed by atoms with Gasteiger partial charge in [0.1, 0.15) is 26.8 Å². The number of nitrogens with zero attached hydrogens (tertiary/aromatic N) is 1. The van der Waals surface area contributed by atoms with Crippen molar-refractivity contribution in [3.63, 3.8) is 0 Å². The molecule has 0 atom stereocenters. The molecule has 2 aliphatic carbocycles. The number of benzene rings is 2. The van der Waals surface area contributed by atoms with Crippen LogP contribution in [0.3, 0.4) is 0 Å². The fourth-order valence-corrected chi connectivity index (χ4v) is 9.38. The van der Waals surface area contributed by atoms with Gasteiger partial charge in [-0.05, 0) is 113 Å². The van der Waals surface area contributed by atoms with Crippen LogP contribution in [0.25, 0.3) is 30.5 Å². The number of hydrogen-bond donors (Lipinski definition) is 0. The number of thiazole rings is 1. The van der Waals surface area contributed by atoms with Gasteiger partial charge in [0.15, 0.2) is 11.5 Å². The Labute approximate surface area is 302 Å². The number of unbranched alkanes of at least 4 members (excludes halogenated alkanes) is 3. The number of thiophene rings is 1. The third-order valence-corrected chi connectivity index (χ3v) is 12.9. The Morgan fingerprint density at radius 1 is 0.640 bits per heavy atom. The predicted octanol–water partition coefficient (Wildman–Crippen LogP) is 10.4. The van der Waals surface area contributed by atoms with Crippen LogP contribution in [0.4, 0.5) is 0 Å². The van der Waals surface area contributed by atoms with Crippen molar-refractivity contribution in [2.45, 2.75) is 104 Å². The van der Waals surface area contributed by atoms with Gasteiger partial charge >= 0.3 is 11.9 Å². The Balaban J connectivity index is 1.23. The maximum atomic E-state index is 13.3. The number of hydrogen-bond acceptors (Lipinski definition) is 9. The number of ether oxygens (including phenoxy) is 2. The minimum Gasteiger partial charge on any atom is -0.425 e. The van der Waals surface area contributed by atoms with E-state index in [0.717, 1.165) is 26.7 Å². The van der Waals surface area contributed by atoms with Crippen LogP contribution >= 0.6 is 22.7 Å². The first-order chi connectivity index (χ1) is 24.2. The average Bonchev–Trinajstić information content (AvgIpc) is 3.80. The predicted molar refractivity (Wildman–Crippen MR) is 200 cm³/mol. The zero-order chi connectivity index (χ0) is 35.2. The van der Waals surface area contributed by atoms with E-state index in [1.165, 1.54) is 42.6 Å². The number of carbonyl (C=O) groups is 4. The van der Waals surface area contributed by atoms with E-state index in [-0.39, 0.29) is 47.2 Å². The zero-order valence-electron chi connectivity index (χ0n) is 29.3. The number of carbonyl (C=O) groups excluding carboxylic acids is 4. The molecule has 0 amide bonds. The summed E-state index contributed by atoms with van der Waals surface area (Å²) in [5.41, 5.74) is 3.00. The third kappa shape index (κ3) is 8.60. The first kappa shape index (κ1) is 36.1. The highest BCUT2D eigenvalue weighted by Crippen LogP contribution is 2.44. The van der Waals surface area contributed by atoms with Crippen molar-refractivity contribution in [1.82, 2.24) is 4.98 Å². The van der Waals surface area contributed by atoms with Gasteiger partial charge < -0.3 is 9.47 Å². The van der Waals surface area contributed by atoms with Gasteiger partial charge in [0.25, 0.3) is 0 Å². The van der Waals surface area contributed by atoms with Crippen molar-refractivity contribution in [3.8, 4) is 31.8 Å². The smallest absolute Gasteiger partial charge is 0.314 e. The third-order valence-electron chi connectivity index (χ3n) is 10.5. The molecule has 2 aliphatic rings. The lowest BCUT2D eigenvalue weighted by Crippen LogP contribution is -2.28. The first-order valence-corrected chi connectivity index (χ1v) is 19.9. The number of fused-ring (bicyclic) bond motifs is 1. The standard InChI is InChI=1S/C41H47NO6S2/c1-4-5-6-7-8-27-9-11-30(12-10-27)35-23-24-36(49-35)39-42-37-33(47-40(45)31-17-13-28(14-18-31)25(2)43)21-22-34(38(37)50-39)48-41(46)32-19-15-29(16-20-32)26(3)44/h9-12,21-24,28-29,31-32H,4-8,13-20H2,1-3H3. The van der Waals surface area contributed by atoms with Crippen molar-refractivity contribution >= 4 is 56.4 Å². The van der Waals surface area contributed by atoms with Gasteiger partial charge in [-0.25, -0.2) is 4.98 Å². The molecule has 2 heterocycles. The Morgan fingerprint density at radius 3 is 1.76 bits per heavy atom. The van der Waals surface area contributed by atoms with Crippen LogP contribution in [0.2, 0.25) is 0 Å². The number of rotatable bonds is 13. The molecule has 264 valence electrons. The lowest BCUT2D eigenvalue weighted by atomic mass is 9.80. The van der Waals surface area contributed by atoms with E-state index in [9.17, 15) is 19.2 Å². The van der Waals surface area contributed by atoms with E-state index in [1.54, 1.807) is 37.3 Å². The SMILES string of the molecule is CCCCCCc1ccc(-c2ccc(-c3nc4c(OC(=O)C5CCC(C(C)=O)CC5)ccc(OC(=O)C5CCC(C(C)=O)CC5)c4s3)s2)cc1. The normalized spacial score (nSPS) is 20.8. The van der Waals surface area contributed by atoms with E-state index in [4.69, 9.17) is 14.5 Å². The van der Waals surface area contributed by atoms with Gasteiger partial charge in [-0.3, -0.25) is 19.2 Å². The van der Waals surface area contributed by atoms with Crippen LogP contribution in [-0.2, 0) is 25.6 Å². The molecular formula is C41H47NO6S2. The van der Waals surface area contributed by atoms with Crippen LogP contribution in [0.1, 0.15) is 103 Å². The monoisotopic (exact) mass is 713 g/mol. The van der Waals surface area contributed by atoms with Gasteiger partial charge in [-0.15, -0.1) is 22.7 Å². The summed E-state index contributed by atoms with van der Waals surface area (Å²) in [6.45, 7) is 5.47. The number of aromatic nitrogens is 1. The maximum Gasteiger partial charge on any atom is 0.314 e. The number of esters is 2. The highest BCUT2D eigenvalue weighted by atomic mass is 32.1. The summed E-state index contributed by atoms with van der Waals surface area (Å²) in [4.78, 5) is 57.5. The van der Waals surface area contributed by atoms with Gasteiger partial charge in [0.2, 0.25) is 0 Å². The molecule has 2 saturated carbocycles. The van der Waals surface area contributed by atoms with Gasteiger partial charge in [0, 0.05) is 16.7 Å². The summed E-state index contributed by atoms with van der Waals surface area (Å²) in [6, 6.07) is 16.4. The fourth-order valence-electron chi connectivity index (χ4n) is 7.28. The Kier molecular flexibility index (Phi) is 12.0. The minimum atomic E-state index is -0.318. The number of ketones is 2. The molecule has 0 aliphatic heterocycles. The molecule has 0 saturated heterocycles. The molecule has 9 heteroatoms. The second-order valence-electron chi connectivity index (χ2n) is 14.1. The molecular weight excluding hydrogens is 667 g/mol. The topological polar surface area (TPSA) is 99.6 Å². The molecule has 50 heavy (non-hydrogen) atoms. The van der Waals surface area contributed by atoms with Crippen molar-refractivity contribution in [3.05, 3.63) is 54.1 Å². The van der Waals surface area contributed by atoms with Crippen LogP contribution in [-0.4, -0.2) is 28.5 Å². The molecule has 0 radical (unpaired) electrons. The largest absolute Gasteiger partial charge is 0.425 e. The van der Waals surface area contributed by atoms with Gasteiger partial charge in [0.05, 0.1) is 16.7 Å². The molecule has 4 aromatic rings. The molecule has 6 rings (SSSR count). The van der Waals surface area contributed by atoms with E-state index < -0.39 is 0 Å². The second kappa shape index (κ2) is 16.6. The fraction of sp³-hybridized carbons (Fsp3) is 0.488. The van der Waals surface area contributed by atoms with E-state index >= 15 is 0 Å². The summed E-state index contributed by atoms with van der Waals surface area (Å²) < 4.78 is 12.7. The van der Waals surface area contributed by atoms with Gasteiger partial charge in [-0.2, -0.15) is 0 Å². The highest BCUT2D eigenvalue weighted by molar-refractivity contribution is 7.26. The summed E-state index contributed by atoms with van der Waals surface area (Å²) in [5, 5.41) is 0.758. The minimum absolute atomic E-state index is 0.0162.